The quantitative estimate of drug-likeness (QED) is 0.396. The number of rotatable bonds is 5. The third kappa shape index (κ3) is 4.22. The fraction of sp³-hybridized carbons (Fsp3) is 0.0769. The molecule has 0 saturated carbocycles. The highest BCUT2D eigenvalue weighted by Gasteiger charge is 2.27. The summed E-state index contributed by atoms with van der Waals surface area (Å²) in [5.74, 6) is 0.211. The van der Waals surface area contributed by atoms with Gasteiger partial charge >= 0.3 is 0 Å². The summed E-state index contributed by atoms with van der Waals surface area (Å²) in [5, 5.41) is 5.67. The van der Waals surface area contributed by atoms with Gasteiger partial charge in [-0.2, -0.15) is 5.10 Å². The van der Waals surface area contributed by atoms with Gasteiger partial charge in [0, 0.05) is 17.3 Å². The number of thioether (sulfide) groups is 1. The van der Waals surface area contributed by atoms with Crippen LogP contribution in [0.15, 0.2) is 96.2 Å². The van der Waals surface area contributed by atoms with E-state index in [2.05, 4.69) is 0 Å². The van der Waals surface area contributed by atoms with E-state index in [1.807, 2.05) is 82.5 Å². The largest absolute Gasteiger partial charge is 0.302 e. The SMILES string of the molecule is O=C1CSC(=Cc2cn(-c3ccccc3)nc2-c2ccc(F)cc2)N1Cc1ccccc1. The molecule has 0 atom stereocenters. The summed E-state index contributed by atoms with van der Waals surface area (Å²) in [7, 11) is 0. The molecular weight excluding hydrogens is 421 g/mol. The van der Waals surface area contributed by atoms with E-state index in [4.69, 9.17) is 5.10 Å². The molecule has 1 aliphatic heterocycles. The van der Waals surface area contributed by atoms with Gasteiger partial charge in [0.2, 0.25) is 5.91 Å². The molecule has 0 unspecified atom stereocenters. The molecule has 4 aromatic rings. The Morgan fingerprint density at radius 3 is 2.34 bits per heavy atom. The average molecular weight is 442 g/mol. The molecule has 1 fully saturated rings. The summed E-state index contributed by atoms with van der Waals surface area (Å²) in [6, 6.07) is 26.1. The molecule has 0 spiro atoms. The van der Waals surface area contributed by atoms with Gasteiger partial charge in [0.1, 0.15) is 11.5 Å². The van der Waals surface area contributed by atoms with Crippen LogP contribution in [0.2, 0.25) is 0 Å². The number of hydrogen-bond acceptors (Lipinski definition) is 3. The predicted octanol–water partition coefficient (Wildman–Crippen LogP) is 5.75. The first-order valence-electron chi connectivity index (χ1n) is 10.3. The highest BCUT2D eigenvalue weighted by Crippen LogP contribution is 2.34. The maximum atomic E-state index is 13.5. The van der Waals surface area contributed by atoms with Crippen LogP contribution in [0.5, 0.6) is 0 Å². The lowest BCUT2D eigenvalue weighted by Crippen LogP contribution is -2.23. The minimum atomic E-state index is -0.290. The van der Waals surface area contributed by atoms with Crippen molar-refractivity contribution < 1.29 is 9.18 Å². The van der Waals surface area contributed by atoms with E-state index in [9.17, 15) is 9.18 Å². The molecule has 32 heavy (non-hydrogen) atoms. The molecule has 1 aromatic heterocycles. The third-order valence-electron chi connectivity index (χ3n) is 5.25. The highest BCUT2D eigenvalue weighted by atomic mass is 32.2. The van der Waals surface area contributed by atoms with Crippen LogP contribution in [0.3, 0.4) is 0 Å². The monoisotopic (exact) mass is 441 g/mol. The van der Waals surface area contributed by atoms with Crippen molar-refractivity contribution in [1.82, 2.24) is 14.7 Å². The second-order valence-electron chi connectivity index (χ2n) is 7.46. The smallest absolute Gasteiger partial charge is 0.238 e. The fourth-order valence-electron chi connectivity index (χ4n) is 3.64. The van der Waals surface area contributed by atoms with E-state index in [0.29, 0.717) is 12.3 Å². The van der Waals surface area contributed by atoms with E-state index < -0.39 is 0 Å². The van der Waals surface area contributed by atoms with Crippen molar-refractivity contribution >= 4 is 23.7 Å². The first-order valence-corrected chi connectivity index (χ1v) is 11.3. The zero-order chi connectivity index (χ0) is 21.9. The zero-order valence-electron chi connectivity index (χ0n) is 17.2. The minimum absolute atomic E-state index is 0.0869. The maximum absolute atomic E-state index is 13.5. The summed E-state index contributed by atoms with van der Waals surface area (Å²) >= 11 is 1.52. The van der Waals surface area contributed by atoms with Crippen LogP contribution in [0.1, 0.15) is 11.1 Å². The molecule has 1 saturated heterocycles. The number of benzene rings is 3. The number of hydrogen-bond donors (Lipinski definition) is 0. The molecule has 158 valence electrons. The number of para-hydroxylation sites is 1. The predicted molar refractivity (Wildman–Crippen MR) is 126 cm³/mol. The Kier molecular flexibility index (Phi) is 5.60. The van der Waals surface area contributed by atoms with Crippen molar-refractivity contribution in [1.29, 1.82) is 0 Å². The molecular formula is C26H20FN3OS. The minimum Gasteiger partial charge on any atom is -0.302 e. The van der Waals surface area contributed by atoms with Crippen LogP contribution in [-0.2, 0) is 11.3 Å². The van der Waals surface area contributed by atoms with E-state index in [-0.39, 0.29) is 11.7 Å². The Labute approximate surface area is 190 Å². The maximum Gasteiger partial charge on any atom is 0.238 e. The summed E-state index contributed by atoms with van der Waals surface area (Å²) in [5.41, 5.74) is 4.43. The van der Waals surface area contributed by atoms with Crippen LogP contribution < -0.4 is 0 Å². The van der Waals surface area contributed by atoms with Crippen LogP contribution >= 0.6 is 11.8 Å². The van der Waals surface area contributed by atoms with Gasteiger partial charge in [0.15, 0.2) is 0 Å². The lowest BCUT2D eigenvalue weighted by molar-refractivity contribution is -0.125. The van der Waals surface area contributed by atoms with Crippen molar-refractivity contribution in [3.05, 3.63) is 113 Å². The number of carbonyl (C=O) groups is 1. The summed E-state index contributed by atoms with van der Waals surface area (Å²) in [6.07, 6.45) is 3.95. The molecule has 4 nitrogen and oxygen atoms in total. The summed E-state index contributed by atoms with van der Waals surface area (Å²) in [6.45, 7) is 0.525. The Bertz CT molecular complexity index is 1270. The topological polar surface area (TPSA) is 38.1 Å². The molecule has 0 N–H and O–H groups in total. The first kappa shape index (κ1) is 20.3. The van der Waals surface area contributed by atoms with Crippen LogP contribution in [0.4, 0.5) is 4.39 Å². The van der Waals surface area contributed by atoms with Crippen LogP contribution in [0.25, 0.3) is 23.0 Å². The second kappa shape index (κ2) is 8.85. The number of halogens is 1. The van der Waals surface area contributed by atoms with E-state index in [1.54, 1.807) is 12.1 Å². The van der Waals surface area contributed by atoms with Crippen molar-refractivity contribution in [2.45, 2.75) is 6.54 Å². The van der Waals surface area contributed by atoms with Gasteiger partial charge in [-0.1, -0.05) is 60.3 Å². The van der Waals surface area contributed by atoms with Gasteiger partial charge < -0.3 is 4.90 Å². The number of nitrogens with zero attached hydrogens (tertiary/aromatic N) is 3. The van der Waals surface area contributed by atoms with E-state index in [1.165, 1.54) is 23.9 Å². The molecule has 3 aromatic carbocycles. The summed E-state index contributed by atoms with van der Waals surface area (Å²) < 4.78 is 15.3. The highest BCUT2D eigenvalue weighted by molar-refractivity contribution is 8.04. The van der Waals surface area contributed by atoms with Crippen molar-refractivity contribution in [2.24, 2.45) is 0 Å². The van der Waals surface area contributed by atoms with Gasteiger partial charge in [-0.05, 0) is 48.0 Å². The van der Waals surface area contributed by atoms with E-state index >= 15 is 0 Å². The normalized spacial score (nSPS) is 15.0. The van der Waals surface area contributed by atoms with Gasteiger partial charge in [-0.3, -0.25) is 4.79 Å². The van der Waals surface area contributed by atoms with Gasteiger partial charge in [0.05, 0.1) is 23.0 Å². The molecule has 0 bridgehead atoms. The van der Waals surface area contributed by atoms with Crippen molar-refractivity contribution in [3.8, 4) is 16.9 Å². The molecule has 6 heteroatoms. The van der Waals surface area contributed by atoms with E-state index in [0.717, 1.165) is 33.1 Å². The molecule has 1 amide bonds. The number of aromatic nitrogens is 2. The Morgan fingerprint density at radius 2 is 1.62 bits per heavy atom. The standard InChI is InChI=1S/C26H20FN3OS/c27-22-13-11-20(12-14-22)26-21(17-30(28-26)23-9-5-2-6-10-23)15-25-29(24(31)18-32-25)16-19-7-3-1-4-8-19/h1-15,17H,16,18H2. The van der Waals surface area contributed by atoms with Crippen LogP contribution in [0, 0.1) is 5.82 Å². The molecule has 2 heterocycles. The zero-order valence-corrected chi connectivity index (χ0v) is 18.0. The van der Waals surface area contributed by atoms with Gasteiger partial charge in [0.25, 0.3) is 0 Å². The Hall–Kier alpha value is -3.64. The third-order valence-corrected chi connectivity index (χ3v) is 6.28. The average Bonchev–Trinajstić information content (AvgIpc) is 3.40. The Morgan fingerprint density at radius 1 is 0.938 bits per heavy atom. The lowest BCUT2D eigenvalue weighted by Gasteiger charge is -2.17. The molecule has 0 radical (unpaired) electrons. The molecule has 5 rings (SSSR count). The Balaban J connectivity index is 1.56. The van der Waals surface area contributed by atoms with Gasteiger partial charge in [-0.15, -0.1) is 0 Å². The second-order valence-corrected chi connectivity index (χ2v) is 8.45. The lowest BCUT2D eigenvalue weighted by atomic mass is 10.1. The van der Waals surface area contributed by atoms with Crippen LogP contribution in [-0.4, -0.2) is 26.3 Å². The fourth-order valence-corrected chi connectivity index (χ4v) is 4.60. The summed E-state index contributed by atoms with van der Waals surface area (Å²) in [4.78, 5) is 14.4. The number of carbonyl (C=O) groups excluding carboxylic acids is 1. The molecule has 0 aliphatic carbocycles. The van der Waals surface area contributed by atoms with Crippen molar-refractivity contribution in [2.75, 3.05) is 5.75 Å². The molecule has 1 aliphatic rings. The van der Waals surface area contributed by atoms with Gasteiger partial charge in [-0.25, -0.2) is 9.07 Å². The van der Waals surface area contributed by atoms with Crippen molar-refractivity contribution in [3.63, 3.8) is 0 Å². The number of amides is 1. The first-order chi connectivity index (χ1) is 15.7.